The molecule has 0 spiro atoms. The van der Waals surface area contributed by atoms with Gasteiger partial charge in [-0.2, -0.15) is 13.2 Å². The van der Waals surface area contributed by atoms with Crippen molar-refractivity contribution in [1.29, 1.82) is 0 Å². The van der Waals surface area contributed by atoms with Crippen LogP contribution in [0.3, 0.4) is 0 Å². The monoisotopic (exact) mass is 174 g/mol. The molecule has 0 radical (unpaired) electrons. The molecule has 0 rings (SSSR count). The summed E-state index contributed by atoms with van der Waals surface area (Å²) in [6.45, 7) is 0. The van der Waals surface area contributed by atoms with Crippen LogP contribution in [-0.4, -0.2) is 29.2 Å². The van der Waals surface area contributed by atoms with Gasteiger partial charge in [-0.05, 0) is 0 Å². The van der Waals surface area contributed by atoms with Gasteiger partial charge in [0.2, 0.25) is 0 Å². The Hall–Kier alpha value is -1.14. The van der Waals surface area contributed by atoms with Crippen molar-refractivity contribution in [2.75, 3.05) is 0 Å². The highest BCUT2D eigenvalue weighted by atomic mass is 19.4. The fourth-order valence-electron chi connectivity index (χ4n) is 0.256. The van der Waals surface area contributed by atoms with Crippen LogP contribution in [0.5, 0.6) is 0 Å². The van der Waals surface area contributed by atoms with E-state index in [1.165, 1.54) is 0 Å². The van der Waals surface area contributed by atoms with Gasteiger partial charge in [0.15, 0.2) is 0 Å². The van der Waals surface area contributed by atoms with Crippen molar-refractivity contribution in [3.05, 3.63) is 0 Å². The van der Waals surface area contributed by atoms with Gasteiger partial charge >= 0.3 is 12.1 Å². The van der Waals surface area contributed by atoms with Crippen molar-refractivity contribution in [3.8, 4) is 0 Å². The number of carbonyl (C=O) groups is 2. The first-order chi connectivity index (χ1) is 4.76. The lowest BCUT2D eigenvalue weighted by Crippen LogP contribution is -2.36. The molecule has 0 fully saturated rings. The molecule has 1 unspecified atom stereocenters. The van der Waals surface area contributed by atoms with Gasteiger partial charge in [-0.25, -0.2) is 9.18 Å². The van der Waals surface area contributed by atoms with Gasteiger partial charge in [0.25, 0.3) is 12.0 Å². The standard InChI is InChI=1S/C4H2F4O3/c5-1(3(10)11)2(9)4(6,7)8/h1H,(H,10,11). The van der Waals surface area contributed by atoms with Crippen LogP contribution < -0.4 is 0 Å². The number of halogens is 4. The van der Waals surface area contributed by atoms with Crippen LogP contribution in [-0.2, 0) is 9.59 Å². The van der Waals surface area contributed by atoms with E-state index >= 15 is 0 Å². The van der Waals surface area contributed by atoms with Gasteiger partial charge in [-0.3, -0.25) is 4.79 Å². The third kappa shape index (κ3) is 2.52. The SMILES string of the molecule is O=C(O)C(F)C(=O)C(F)(F)F. The summed E-state index contributed by atoms with van der Waals surface area (Å²) in [6, 6.07) is 0. The number of carboxylic acids is 1. The molecule has 64 valence electrons. The number of carbonyl (C=O) groups excluding carboxylic acids is 1. The lowest BCUT2D eigenvalue weighted by molar-refractivity contribution is -0.180. The Morgan fingerprint density at radius 3 is 1.73 bits per heavy atom. The maximum Gasteiger partial charge on any atom is 0.453 e. The minimum absolute atomic E-state index is 2.44. The van der Waals surface area contributed by atoms with Gasteiger partial charge in [0, 0.05) is 0 Å². The third-order valence-electron chi connectivity index (χ3n) is 0.726. The Bertz CT molecular complexity index is 184. The zero-order valence-electron chi connectivity index (χ0n) is 4.85. The molecule has 0 saturated carbocycles. The minimum Gasteiger partial charge on any atom is -0.479 e. The van der Waals surface area contributed by atoms with Crippen LogP contribution in [0.4, 0.5) is 17.6 Å². The molecule has 0 aromatic carbocycles. The van der Waals surface area contributed by atoms with E-state index in [0.717, 1.165) is 0 Å². The number of rotatable bonds is 2. The van der Waals surface area contributed by atoms with Gasteiger partial charge < -0.3 is 5.11 Å². The lowest BCUT2D eigenvalue weighted by atomic mass is 10.2. The van der Waals surface area contributed by atoms with E-state index in [0.29, 0.717) is 0 Å². The second-order valence-corrected chi connectivity index (χ2v) is 1.56. The first-order valence-corrected chi connectivity index (χ1v) is 2.24. The fourth-order valence-corrected chi connectivity index (χ4v) is 0.256. The molecule has 11 heavy (non-hydrogen) atoms. The first kappa shape index (κ1) is 9.86. The highest BCUT2D eigenvalue weighted by Crippen LogP contribution is 2.19. The normalized spacial score (nSPS) is 14.2. The maximum atomic E-state index is 11.7. The number of carboxylic acid groups (broad SMARTS) is 1. The number of ketones is 1. The average Bonchev–Trinajstić information content (AvgIpc) is 1.82. The Labute approximate surface area is 57.6 Å². The van der Waals surface area contributed by atoms with Gasteiger partial charge in [0.1, 0.15) is 0 Å². The molecule has 0 aliphatic heterocycles. The smallest absolute Gasteiger partial charge is 0.453 e. The van der Waals surface area contributed by atoms with E-state index in [-0.39, 0.29) is 0 Å². The van der Waals surface area contributed by atoms with Crippen LogP contribution >= 0.6 is 0 Å². The Morgan fingerprint density at radius 1 is 1.27 bits per heavy atom. The van der Waals surface area contributed by atoms with Gasteiger partial charge in [-0.15, -0.1) is 0 Å². The molecule has 7 heteroatoms. The summed E-state index contributed by atoms with van der Waals surface area (Å²) in [4.78, 5) is 19.2. The van der Waals surface area contributed by atoms with Gasteiger partial charge in [-0.1, -0.05) is 0 Å². The van der Waals surface area contributed by atoms with E-state index in [4.69, 9.17) is 5.11 Å². The van der Waals surface area contributed by atoms with E-state index in [1.54, 1.807) is 0 Å². The topological polar surface area (TPSA) is 54.4 Å². The largest absolute Gasteiger partial charge is 0.479 e. The molecule has 0 aliphatic rings. The summed E-state index contributed by atoms with van der Waals surface area (Å²) in [5.74, 6) is -5.34. The van der Waals surface area contributed by atoms with Crippen molar-refractivity contribution in [2.24, 2.45) is 0 Å². The summed E-state index contributed by atoms with van der Waals surface area (Å²) in [5, 5.41) is 7.62. The van der Waals surface area contributed by atoms with Crippen molar-refractivity contribution >= 4 is 11.8 Å². The number of aliphatic carboxylic acids is 1. The number of alkyl halides is 4. The number of Topliss-reactive ketones (excluding diaryl/α,β-unsaturated/α-hetero) is 1. The molecular formula is C4H2F4O3. The summed E-state index contributed by atoms with van der Waals surface area (Å²) >= 11 is 0. The highest BCUT2D eigenvalue weighted by Gasteiger charge is 2.46. The van der Waals surface area contributed by atoms with Crippen LogP contribution in [0.25, 0.3) is 0 Å². The molecule has 0 saturated heterocycles. The second-order valence-electron chi connectivity index (χ2n) is 1.56. The molecule has 0 bridgehead atoms. The minimum atomic E-state index is -5.43. The summed E-state index contributed by atoms with van der Waals surface area (Å²) in [6.07, 6.45) is -8.95. The number of hydrogen-bond acceptors (Lipinski definition) is 2. The van der Waals surface area contributed by atoms with Crippen molar-refractivity contribution in [3.63, 3.8) is 0 Å². The van der Waals surface area contributed by atoms with Crippen LogP contribution in [0, 0.1) is 0 Å². The molecule has 0 heterocycles. The highest BCUT2D eigenvalue weighted by molar-refractivity contribution is 6.03. The molecule has 3 nitrogen and oxygen atoms in total. The molecular weight excluding hydrogens is 172 g/mol. The molecule has 1 atom stereocenters. The van der Waals surface area contributed by atoms with Crippen molar-refractivity contribution in [1.82, 2.24) is 0 Å². The zero-order valence-corrected chi connectivity index (χ0v) is 4.85. The predicted octanol–water partition coefficient (Wildman–Crippen LogP) is 0.540. The van der Waals surface area contributed by atoms with E-state index < -0.39 is 24.1 Å². The summed E-state index contributed by atoms with van der Waals surface area (Å²) < 4.78 is 45.4. The molecule has 0 aliphatic carbocycles. The Morgan fingerprint density at radius 2 is 1.64 bits per heavy atom. The summed E-state index contributed by atoms with van der Waals surface area (Å²) in [5.41, 5.74) is 0. The Kier molecular flexibility index (Phi) is 2.55. The summed E-state index contributed by atoms with van der Waals surface area (Å²) in [7, 11) is 0. The van der Waals surface area contributed by atoms with E-state index in [9.17, 15) is 27.2 Å². The molecule has 0 aromatic heterocycles. The third-order valence-corrected chi connectivity index (χ3v) is 0.726. The zero-order chi connectivity index (χ0) is 9.23. The van der Waals surface area contributed by atoms with Crippen LogP contribution in [0.2, 0.25) is 0 Å². The quantitative estimate of drug-likeness (QED) is 0.491. The van der Waals surface area contributed by atoms with Crippen molar-refractivity contribution in [2.45, 2.75) is 12.3 Å². The van der Waals surface area contributed by atoms with Gasteiger partial charge in [0.05, 0.1) is 0 Å². The van der Waals surface area contributed by atoms with Crippen molar-refractivity contribution < 1.29 is 32.3 Å². The lowest BCUT2D eigenvalue weighted by Gasteiger charge is -2.04. The second kappa shape index (κ2) is 2.85. The van der Waals surface area contributed by atoms with E-state index in [2.05, 4.69) is 0 Å². The molecule has 0 amide bonds. The average molecular weight is 174 g/mol. The Balaban J connectivity index is 4.39. The van der Waals surface area contributed by atoms with Crippen LogP contribution in [0.15, 0.2) is 0 Å². The van der Waals surface area contributed by atoms with E-state index in [1.807, 2.05) is 0 Å². The van der Waals surface area contributed by atoms with Crippen LogP contribution in [0.1, 0.15) is 0 Å². The fraction of sp³-hybridized carbons (Fsp3) is 0.500. The number of hydrogen-bond donors (Lipinski definition) is 1. The first-order valence-electron chi connectivity index (χ1n) is 2.24. The maximum absolute atomic E-state index is 11.7. The molecule has 0 aromatic rings. The predicted molar refractivity (Wildman–Crippen MR) is 23.6 cm³/mol. The molecule has 1 N–H and O–H groups in total.